The Morgan fingerprint density at radius 2 is 1.67 bits per heavy atom. The topological polar surface area (TPSA) is 33.2 Å². The average molecular weight is 418 g/mol. The van der Waals surface area contributed by atoms with E-state index in [0.29, 0.717) is 17.8 Å². The van der Waals surface area contributed by atoms with Gasteiger partial charge in [-0.1, -0.05) is 36.4 Å². The molecule has 0 aliphatic carbocycles. The average Bonchev–Trinajstić information content (AvgIpc) is 2.71. The van der Waals surface area contributed by atoms with Crippen molar-refractivity contribution in [2.75, 3.05) is 4.90 Å². The summed E-state index contributed by atoms with van der Waals surface area (Å²) < 4.78 is 68.5. The smallest absolute Gasteiger partial charge is 0.300 e. The maximum absolute atomic E-state index is 14.4. The number of carbonyl (C=O) groups is 1. The predicted octanol–water partition coefficient (Wildman–Crippen LogP) is 5.54. The molecule has 0 bridgehead atoms. The van der Waals surface area contributed by atoms with Gasteiger partial charge in [-0.05, 0) is 29.8 Å². The van der Waals surface area contributed by atoms with Gasteiger partial charge >= 0.3 is 6.18 Å². The lowest BCUT2D eigenvalue weighted by Crippen LogP contribution is -2.31. The molecule has 1 aromatic heterocycles. The molecule has 0 fully saturated rings. The summed E-state index contributed by atoms with van der Waals surface area (Å²) in [6, 6.07) is 14.0. The van der Waals surface area contributed by atoms with Gasteiger partial charge in [-0.15, -0.1) is 0 Å². The molecule has 0 saturated carbocycles. The number of alkyl halides is 3. The van der Waals surface area contributed by atoms with Crippen molar-refractivity contribution in [1.29, 1.82) is 0 Å². The van der Waals surface area contributed by atoms with E-state index < -0.39 is 29.3 Å². The molecule has 0 unspecified atom stereocenters. The Kier molecular flexibility index (Phi) is 6.25. The number of anilines is 1. The van der Waals surface area contributed by atoms with E-state index in [0.717, 1.165) is 17.0 Å². The van der Waals surface area contributed by atoms with Crippen LogP contribution in [0.2, 0.25) is 0 Å². The Morgan fingerprint density at radius 3 is 2.27 bits per heavy atom. The van der Waals surface area contributed by atoms with Crippen LogP contribution in [0.25, 0.3) is 5.57 Å². The first-order chi connectivity index (χ1) is 14.3. The molecule has 0 radical (unpaired) electrons. The standard InChI is InChI=1S/C22H15F5N2O/c23-16-9-10-20(19(24)12-16)29(14-17-8-4-5-11-28-17)21(30)13-18(22(25,26)27)15-6-2-1-3-7-15/h1-13H,14H2/b18-13-. The van der Waals surface area contributed by atoms with Gasteiger partial charge in [-0.3, -0.25) is 14.7 Å². The number of halogens is 5. The molecule has 2 aromatic carbocycles. The van der Waals surface area contributed by atoms with Crippen LogP contribution in [0.3, 0.4) is 0 Å². The van der Waals surface area contributed by atoms with Crippen LogP contribution in [0.4, 0.5) is 27.6 Å². The number of nitrogens with zero attached hydrogens (tertiary/aromatic N) is 2. The third-order valence-corrected chi connectivity index (χ3v) is 4.17. The molecular weight excluding hydrogens is 403 g/mol. The van der Waals surface area contributed by atoms with E-state index in [9.17, 15) is 26.7 Å². The van der Waals surface area contributed by atoms with Gasteiger partial charge in [0, 0.05) is 18.3 Å². The molecule has 0 aliphatic heterocycles. The second kappa shape index (κ2) is 8.86. The molecule has 3 aromatic rings. The predicted molar refractivity (Wildman–Crippen MR) is 102 cm³/mol. The summed E-state index contributed by atoms with van der Waals surface area (Å²) in [7, 11) is 0. The summed E-state index contributed by atoms with van der Waals surface area (Å²) in [5.74, 6) is -3.08. The maximum atomic E-state index is 14.4. The third kappa shape index (κ3) is 5.08. The van der Waals surface area contributed by atoms with E-state index >= 15 is 0 Å². The lowest BCUT2D eigenvalue weighted by atomic mass is 10.0. The second-order valence-corrected chi connectivity index (χ2v) is 6.26. The first-order valence-corrected chi connectivity index (χ1v) is 8.76. The van der Waals surface area contributed by atoms with Crippen LogP contribution in [-0.2, 0) is 11.3 Å². The summed E-state index contributed by atoms with van der Waals surface area (Å²) in [6.07, 6.45) is -2.99. The highest BCUT2D eigenvalue weighted by Gasteiger charge is 2.36. The number of rotatable bonds is 5. The molecule has 0 spiro atoms. The number of amides is 1. The van der Waals surface area contributed by atoms with Crippen LogP contribution in [0.15, 0.2) is 79.0 Å². The van der Waals surface area contributed by atoms with Gasteiger partial charge in [-0.25, -0.2) is 8.78 Å². The monoisotopic (exact) mass is 418 g/mol. The molecule has 30 heavy (non-hydrogen) atoms. The Hall–Kier alpha value is -3.55. The van der Waals surface area contributed by atoms with Crippen LogP contribution in [0.1, 0.15) is 11.3 Å². The fourth-order valence-electron chi connectivity index (χ4n) is 2.78. The van der Waals surface area contributed by atoms with Gasteiger partial charge in [0.25, 0.3) is 5.91 Å². The van der Waals surface area contributed by atoms with Crippen LogP contribution >= 0.6 is 0 Å². The van der Waals surface area contributed by atoms with Crippen molar-refractivity contribution < 1.29 is 26.7 Å². The number of hydrogen-bond donors (Lipinski definition) is 0. The number of aromatic nitrogens is 1. The van der Waals surface area contributed by atoms with Gasteiger partial charge in [0.1, 0.15) is 11.6 Å². The Bertz CT molecular complexity index is 1050. The minimum Gasteiger partial charge on any atom is -0.300 e. The summed E-state index contributed by atoms with van der Waals surface area (Å²) >= 11 is 0. The van der Waals surface area contributed by atoms with E-state index in [-0.39, 0.29) is 17.8 Å². The molecule has 1 amide bonds. The Labute approximate surface area is 169 Å². The van der Waals surface area contributed by atoms with E-state index in [2.05, 4.69) is 4.98 Å². The van der Waals surface area contributed by atoms with Crippen LogP contribution in [-0.4, -0.2) is 17.1 Å². The molecule has 0 atom stereocenters. The van der Waals surface area contributed by atoms with Gasteiger partial charge in [0.2, 0.25) is 0 Å². The highest BCUT2D eigenvalue weighted by atomic mass is 19.4. The van der Waals surface area contributed by atoms with E-state index in [4.69, 9.17) is 0 Å². The minimum atomic E-state index is -4.82. The minimum absolute atomic E-state index is 0.212. The Balaban J connectivity index is 2.07. The summed E-state index contributed by atoms with van der Waals surface area (Å²) in [4.78, 5) is 17.7. The lowest BCUT2D eigenvalue weighted by molar-refractivity contribution is -0.114. The van der Waals surface area contributed by atoms with Crippen molar-refractivity contribution >= 4 is 17.2 Å². The quantitative estimate of drug-likeness (QED) is 0.403. The number of pyridine rings is 1. The number of benzene rings is 2. The summed E-state index contributed by atoms with van der Waals surface area (Å²) in [5.41, 5.74) is -1.44. The molecular formula is C22H15F5N2O. The number of hydrogen-bond acceptors (Lipinski definition) is 2. The third-order valence-electron chi connectivity index (χ3n) is 4.17. The van der Waals surface area contributed by atoms with Crippen LogP contribution in [0, 0.1) is 11.6 Å². The largest absolute Gasteiger partial charge is 0.417 e. The van der Waals surface area contributed by atoms with Crippen molar-refractivity contribution in [1.82, 2.24) is 4.98 Å². The molecule has 0 N–H and O–H groups in total. The number of carbonyl (C=O) groups excluding carboxylic acids is 1. The normalized spacial score (nSPS) is 12.0. The van der Waals surface area contributed by atoms with Crippen molar-refractivity contribution in [2.24, 2.45) is 0 Å². The van der Waals surface area contributed by atoms with Crippen molar-refractivity contribution in [3.05, 3.63) is 102 Å². The van der Waals surface area contributed by atoms with Crippen molar-refractivity contribution in [2.45, 2.75) is 12.7 Å². The molecule has 1 heterocycles. The summed E-state index contributed by atoms with van der Waals surface area (Å²) in [5, 5.41) is 0. The lowest BCUT2D eigenvalue weighted by Gasteiger charge is -2.23. The highest BCUT2D eigenvalue weighted by molar-refractivity contribution is 6.06. The van der Waals surface area contributed by atoms with Crippen molar-refractivity contribution in [3.63, 3.8) is 0 Å². The van der Waals surface area contributed by atoms with Gasteiger partial charge < -0.3 is 0 Å². The molecule has 8 heteroatoms. The zero-order valence-corrected chi connectivity index (χ0v) is 15.4. The maximum Gasteiger partial charge on any atom is 0.417 e. The molecule has 0 aliphatic rings. The number of allylic oxidation sites excluding steroid dienone is 1. The van der Waals surface area contributed by atoms with Gasteiger partial charge in [0.15, 0.2) is 0 Å². The van der Waals surface area contributed by atoms with Crippen LogP contribution < -0.4 is 4.90 Å². The Morgan fingerprint density at radius 1 is 0.967 bits per heavy atom. The second-order valence-electron chi connectivity index (χ2n) is 6.26. The van der Waals surface area contributed by atoms with E-state index in [1.807, 2.05) is 0 Å². The SMILES string of the molecule is O=C(/C=C(/c1ccccc1)C(F)(F)F)N(Cc1ccccn1)c1ccc(F)cc1F. The fourth-order valence-corrected chi connectivity index (χ4v) is 2.78. The van der Waals surface area contributed by atoms with Gasteiger partial charge in [0.05, 0.1) is 23.5 Å². The van der Waals surface area contributed by atoms with Crippen molar-refractivity contribution in [3.8, 4) is 0 Å². The first-order valence-electron chi connectivity index (χ1n) is 8.76. The first kappa shape index (κ1) is 21.2. The van der Waals surface area contributed by atoms with Gasteiger partial charge in [-0.2, -0.15) is 13.2 Å². The van der Waals surface area contributed by atoms with E-state index in [1.165, 1.54) is 36.5 Å². The molecule has 154 valence electrons. The molecule has 0 saturated heterocycles. The highest BCUT2D eigenvalue weighted by Crippen LogP contribution is 2.34. The van der Waals surface area contributed by atoms with Crippen LogP contribution in [0.5, 0.6) is 0 Å². The molecule has 3 nitrogen and oxygen atoms in total. The summed E-state index contributed by atoms with van der Waals surface area (Å²) in [6.45, 7) is -0.307. The zero-order valence-electron chi connectivity index (χ0n) is 15.4. The zero-order chi connectivity index (χ0) is 21.7. The van der Waals surface area contributed by atoms with E-state index in [1.54, 1.807) is 18.2 Å². The fraction of sp³-hybridized carbons (Fsp3) is 0.0909. The molecule has 3 rings (SSSR count).